The van der Waals surface area contributed by atoms with Crippen LogP contribution in [0.4, 0.5) is 0 Å². The van der Waals surface area contributed by atoms with Crippen molar-refractivity contribution >= 4 is 35.8 Å². The molecule has 1 fully saturated rings. The Morgan fingerprint density at radius 3 is 2.52 bits per heavy atom. The van der Waals surface area contributed by atoms with Crippen molar-refractivity contribution in [2.24, 2.45) is 10.4 Å². The number of rotatable bonds is 6. The fourth-order valence-electron chi connectivity index (χ4n) is 3.81. The van der Waals surface area contributed by atoms with Crippen molar-refractivity contribution in [2.75, 3.05) is 27.7 Å². The summed E-state index contributed by atoms with van der Waals surface area (Å²) in [5.74, 6) is 1.63. The Labute approximate surface area is 189 Å². The third-order valence-electron chi connectivity index (χ3n) is 5.31. The number of carbonyl (C=O) groups excluding carboxylic acids is 1. The molecule has 0 saturated heterocycles. The number of hydrogen-bond acceptors (Lipinski definition) is 4. The van der Waals surface area contributed by atoms with Crippen LogP contribution in [0.3, 0.4) is 0 Å². The molecule has 9 heteroatoms. The van der Waals surface area contributed by atoms with E-state index < -0.39 is 0 Å². The van der Waals surface area contributed by atoms with Crippen LogP contribution in [0.15, 0.2) is 41.7 Å². The number of halogens is 1. The number of benzene rings is 1. The maximum absolute atomic E-state index is 12.7. The molecule has 1 aliphatic carbocycles. The third kappa shape index (κ3) is 5.46. The molecule has 8 nitrogen and oxygen atoms in total. The second kappa shape index (κ2) is 10.6. The molecule has 3 rings (SSSR count). The largest absolute Gasteiger partial charge is 0.355 e. The van der Waals surface area contributed by atoms with Gasteiger partial charge < -0.3 is 15.5 Å². The number of nitrogens with one attached hydrogen (secondary N) is 2. The number of nitrogens with zero attached hydrogens (tertiary/aromatic N) is 5. The van der Waals surface area contributed by atoms with Crippen molar-refractivity contribution in [1.82, 2.24) is 30.3 Å². The quantitative estimate of drug-likeness (QED) is 0.353. The summed E-state index contributed by atoms with van der Waals surface area (Å²) in [5, 5.41) is 14.9. The Morgan fingerprint density at radius 2 is 1.90 bits per heavy atom. The molecular formula is C20H30IN7O. The molecule has 1 aromatic carbocycles. The first kappa shape index (κ1) is 23.1. The lowest BCUT2D eigenvalue weighted by atomic mass is 9.84. The molecule has 0 spiro atoms. The monoisotopic (exact) mass is 511 g/mol. The van der Waals surface area contributed by atoms with Crippen LogP contribution < -0.4 is 10.6 Å². The van der Waals surface area contributed by atoms with Gasteiger partial charge in [-0.2, -0.15) is 0 Å². The van der Waals surface area contributed by atoms with Gasteiger partial charge in [0.1, 0.15) is 6.33 Å². The van der Waals surface area contributed by atoms with Crippen molar-refractivity contribution in [2.45, 2.75) is 32.2 Å². The Hall–Kier alpha value is -2.17. The van der Waals surface area contributed by atoms with Gasteiger partial charge in [-0.15, -0.1) is 34.2 Å². The summed E-state index contributed by atoms with van der Waals surface area (Å²) < 4.78 is 1.94. The van der Waals surface area contributed by atoms with Gasteiger partial charge in [-0.05, 0) is 25.0 Å². The van der Waals surface area contributed by atoms with Crippen LogP contribution in [-0.4, -0.2) is 59.2 Å². The average Bonchev–Trinajstić information content (AvgIpc) is 3.38. The fraction of sp³-hybridized carbons (Fsp3) is 0.500. The predicted octanol–water partition coefficient (Wildman–Crippen LogP) is 2.20. The third-order valence-corrected chi connectivity index (χ3v) is 5.31. The van der Waals surface area contributed by atoms with Crippen molar-refractivity contribution in [1.29, 1.82) is 0 Å². The molecule has 29 heavy (non-hydrogen) atoms. The lowest BCUT2D eigenvalue weighted by Crippen LogP contribution is -2.49. The van der Waals surface area contributed by atoms with Gasteiger partial charge in [0.15, 0.2) is 11.8 Å². The van der Waals surface area contributed by atoms with Gasteiger partial charge in [0.2, 0.25) is 5.91 Å². The molecule has 0 bridgehead atoms. The highest BCUT2D eigenvalue weighted by atomic mass is 127. The number of amides is 1. The predicted molar refractivity (Wildman–Crippen MR) is 125 cm³/mol. The SMILES string of the molecule is CN=C(NCc1nncn1-c1ccccc1)NCC1(C(=O)N(C)C)CCCC1.I. The minimum absolute atomic E-state index is 0. The van der Waals surface area contributed by atoms with Gasteiger partial charge in [0.25, 0.3) is 0 Å². The van der Waals surface area contributed by atoms with Gasteiger partial charge in [-0.3, -0.25) is 14.4 Å². The van der Waals surface area contributed by atoms with E-state index in [1.54, 1.807) is 18.3 Å². The molecule has 1 saturated carbocycles. The lowest BCUT2D eigenvalue weighted by molar-refractivity contribution is -0.138. The zero-order chi connectivity index (χ0) is 20.0. The molecule has 0 unspecified atom stereocenters. The van der Waals surface area contributed by atoms with Crippen molar-refractivity contribution < 1.29 is 4.79 Å². The smallest absolute Gasteiger partial charge is 0.230 e. The molecule has 158 valence electrons. The van der Waals surface area contributed by atoms with Crippen LogP contribution in [0.1, 0.15) is 31.5 Å². The zero-order valence-electron chi connectivity index (χ0n) is 17.3. The van der Waals surface area contributed by atoms with Crippen LogP contribution in [0.25, 0.3) is 5.69 Å². The molecule has 1 aromatic heterocycles. The summed E-state index contributed by atoms with van der Waals surface area (Å²) in [6, 6.07) is 9.96. The van der Waals surface area contributed by atoms with Crippen molar-refractivity contribution in [3.8, 4) is 5.69 Å². The standard InChI is InChI=1S/C20H29N7O.HI/c1-21-19(23-14-20(11-7-8-12-20)18(28)26(2)3)22-13-17-25-24-15-27(17)16-9-5-4-6-10-16;/h4-6,9-10,15H,7-8,11-14H2,1-3H3,(H2,21,22,23);1H. The number of aliphatic imine (C=N–C) groups is 1. The van der Waals surface area contributed by atoms with E-state index in [1.165, 1.54) is 0 Å². The minimum atomic E-state index is -0.342. The van der Waals surface area contributed by atoms with E-state index in [4.69, 9.17) is 0 Å². The van der Waals surface area contributed by atoms with Crippen molar-refractivity contribution in [3.63, 3.8) is 0 Å². The van der Waals surface area contributed by atoms with E-state index in [0.717, 1.165) is 37.2 Å². The molecule has 0 radical (unpaired) electrons. The first-order chi connectivity index (χ1) is 13.6. The van der Waals surface area contributed by atoms with E-state index >= 15 is 0 Å². The lowest BCUT2D eigenvalue weighted by Gasteiger charge is -2.31. The highest BCUT2D eigenvalue weighted by Crippen LogP contribution is 2.38. The summed E-state index contributed by atoms with van der Waals surface area (Å²) in [4.78, 5) is 18.7. The highest BCUT2D eigenvalue weighted by Gasteiger charge is 2.42. The number of hydrogen-bond donors (Lipinski definition) is 2. The van der Waals surface area contributed by atoms with Crippen LogP contribution in [0, 0.1) is 5.41 Å². The number of carbonyl (C=O) groups is 1. The van der Waals surface area contributed by atoms with E-state index in [0.29, 0.717) is 19.0 Å². The van der Waals surface area contributed by atoms with Gasteiger partial charge in [-0.25, -0.2) is 0 Å². The van der Waals surface area contributed by atoms with Crippen LogP contribution in [0.2, 0.25) is 0 Å². The zero-order valence-corrected chi connectivity index (χ0v) is 19.6. The Balaban J connectivity index is 0.00000300. The van der Waals surface area contributed by atoms with Crippen LogP contribution in [0.5, 0.6) is 0 Å². The molecule has 1 amide bonds. The summed E-state index contributed by atoms with van der Waals surface area (Å²) >= 11 is 0. The Bertz CT molecular complexity index is 813. The molecule has 2 N–H and O–H groups in total. The molecule has 0 aliphatic heterocycles. The van der Waals surface area contributed by atoms with Crippen molar-refractivity contribution in [3.05, 3.63) is 42.5 Å². The topological polar surface area (TPSA) is 87.4 Å². The maximum Gasteiger partial charge on any atom is 0.230 e. The molecule has 1 aliphatic rings. The number of guanidine groups is 1. The molecule has 1 heterocycles. The Morgan fingerprint density at radius 1 is 1.21 bits per heavy atom. The van der Waals surface area contributed by atoms with Crippen LogP contribution >= 0.6 is 24.0 Å². The van der Waals surface area contributed by atoms with E-state index in [9.17, 15) is 4.79 Å². The van der Waals surface area contributed by atoms with E-state index in [1.807, 2.05) is 49.0 Å². The summed E-state index contributed by atoms with van der Waals surface area (Å²) in [7, 11) is 5.38. The first-order valence-electron chi connectivity index (χ1n) is 9.66. The van der Waals surface area contributed by atoms with Gasteiger partial charge in [0, 0.05) is 33.4 Å². The summed E-state index contributed by atoms with van der Waals surface area (Å²) in [5.41, 5.74) is 0.666. The molecular weight excluding hydrogens is 481 g/mol. The minimum Gasteiger partial charge on any atom is -0.355 e. The second-order valence-corrected chi connectivity index (χ2v) is 7.42. The number of aromatic nitrogens is 3. The fourth-order valence-corrected chi connectivity index (χ4v) is 3.81. The van der Waals surface area contributed by atoms with Gasteiger partial charge in [0.05, 0.1) is 12.0 Å². The Kier molecular flexibility index (Phi) is 8.42. The molecule has 0 atom stereocenters. The van der Waals surface area contributed by atoms with Gasteiger partial charge in [-0.1, -0.05) is 31.0 Å². The maximum atomic E-state index is 12.7. The summed E-state index contributed by atoms with van der Waals surface area (Å²) in [6.07, 6.45) is 5.71. The highest BCUT2D eigenvalue weighted by molar-refractivity contribution is 14.0. The van der Waals surface area contributed by atoms with Gasteiger partial charge >= 0.3 is 0 Å². The first-order valence-corrected chi connectivity index (χ1v) is 9.66. The van der Waals surface area contributed by atoms with Crippen LogP contribution in [-0.2, 0) is 11.3 Å². The summed E-state index contributed by atoms with van der Waals surface area (Å²) in [6.45, 7) is 1.05. The second-order valence-electron chi connectivity index (χ2n) is 7.42. The normalized spacial score (nSPS) is 15.5. The van der Waals surface area contributed by atoms with E-state index in [2.05, 4.69) is 25.8 Å². The van der Waals surface area contributed by atoms with E-state index in [-0.39, 0.29) is 35.3 Å². The average molecular weight is 511 g/mol. The molecule has 2 aromatic rings. The number of para-hydroxylation sites is 1.